The summed E-state index contributed by atoms with van der Waals surface area (Å²) in [6.07, 6.45) is 0.522. The summed E-state index contributed by atoms with van der Waals surface area (Å²) in [5.74, 6) is 1.26. The summed E-state index contributed by atoms with van der Waals surface area (Å²) in [4.78, 5) is 11.9. The molecule has 20 heavy (non-hydrogen) atoms. The van der Waals surface area contributed by atoms with Crippen molar-refractivity contribution in [2.45, 2.75) is 25.8 Å². The van der Waals surface area contributed by atoms with Crippen LogP contribution in [-0.2, 0) is 9.53 Å². The zero-order valence-electron chi connectivity index (χ0n) is 12.6. The molecule has 5 nitrogen and oxygen atoms in total. The Balaban J connectivity index is 2.50. The van der Waals surface area contributed by atoms with Crippen LogP contribution in [0.2, 0.25) is 0 Å². The summed E-state index contributed by atoms with van der Waals surface area (Å²) >= 11 is 0. The maximum atomic E-state index is 11.9. The zero-order valence-corrected chi connectivity index (χ0v) is 12.6. The van der Waals surface area contributed by atoms with Crippen LogP contribution in [0.4, 0.5) is 0 Å². The lowest BCUT2D eigenvalue weighted by atomic mass is 9.99. The Bertz CT molecular complexity index is 418. The van der Waals surface area contributed by atoms with Crippen molar-refractivity contribution in [2.75, 3.05) is 27.4 Å². The van der Waals surface area contributed by atoms with Gasteiger partial charge in [0.1, 0.15) is 17.0 Å². The van der Waals surface area contributed by atoms with Gasteiger partial charge in [0.15, 0.2) is 0 Å². The first-order valence-electron chi connectivity index (χ1n) is 6.68. The van der Waals surface area contributed by atoms with Crippen molar-refractivity contribution in [3.8, 4) is 11.5 Å². The normalized spacial score (nSPS) is 13.4. The van der Waals surface area contributed by atoms with Crippen LogP contribution >= 0.6 is 0 Å². The molecule has 0 amide bonds. The van der Waals surface area contributed by atoms with Gasteiger partial charge in [-0.25, -0.2) is 0 Å². The molecule has 5 heteroatoms. The van der Waals surface area contributed by atoms with E-state index in [2.05, 4.69) is 5.32 Å². The van der Waals surface area contributed by atoms with E-state index in [0.29, 0.717) is 19.6 Å². The third-order valence-corrected chi connectivity index (χ3v) is 3.21. The first kappa shape index (κ1) is 16.3. The Hall–Kier alpha value is -1.75. The fourth-order valence-corrected chi connectivity index (χ4v) is 1.66. The lowest BCUT2D eigenvalue weighted by Crippen LogP contribution is -2.49. The largest absolute Gasteiger partial charge is 0.497 e. The molecule has 0 aromatic heterocycles. The van der Waals surface area contributed by atoms with Gasteiger partial charge in [-0.05, 0) is 45.2 Å². The molecule has 1 aromatic rings. The third-order valence-electron chi connectivity index (χ3n) is 3.21. The van der Waals surface area contributed by atoms with Crippen molar-refractivity contribution in [3.05, 3.63) is 24.3 Å². The number of ether oxygens (including phenoxy) is 3. The number of carbonyl (C=O) groups is 1. The highest BCUT2D eigenvalue weighted by atomic mass is 16.5. The van der Waals surface area contributed by atoms with Crippen LogP contribution in [0.1, 0.15) is 20.3 Å². The Morgan fingerprint density at radius 2 is 1.85 bits per heavy atom. The molecule has 1 N–H and O–H groups in total. The SMILES string of the molecule is CCOC(=O)C(C)(CCOc1ccc(OC)cc1)NC. The van der Waals surface area contributed by atoms with Crippen molar-refractivity contribution in [2.24, 2.45) is 0 Å². The van der Waals surface area contributed by atoms with Gasteiger partial charge in [-0.15, -0.1) is 0 Å². The van der Waals surface area contributed by atoms with Gasteiger partial charge in [0.2, 0.25) is 0 Å². The number of hydrogen-bond acceptors (Lipinski definition) is 5. The number of rotatable bonds is 8. The molecule has 1 atom stereocenters. The molecule has 1 rings (SSSR count). The maximum Gasteiger partial charge on any atom is 0.326 e. The first-order chi connectivity index (χ1) is 9.55. The van der Waals surface area contributed by atoms with Gasteiger partial charge in [-0.3, -0.25) is 4.79 Å². The Morgan fingerprint density at radius 1 is 1.25 bits per heavy atom. The van der Waals surface area contributed by atoms with Gasteiger partial charge in [0, 0.05) is 6.42 Å². The summed E-state index contributed by atoms with van der Waals surface area (Å²) in [6.45, 7) is 4.39. The summed E-state index contributed by atoms with van der Waals surface area (Å²) in [6, 6.07) is 7.33. The fourth-order valence-electron chi connectivity index (χ4n) is 1.66. The van der Waals surface area contributed by atoms with Crippen LogP contribution in [0.3, 0.4) is 0 Å². The first-order valence-corrected chi connectivity index (χ1v) is 6.68. The molecular formula is C15H23NO4. The van der Waals surface area contributed by atoms with Gasteiger partial charge >= 0.3 is 5.97 Å². The summed E-state index contributed by atoms with van der Waals surface area (Å²) < 4.78 is 15.8. The molecule has 0 fully saturated rings. The summed E-state index contributed by atoms with van der Waals surface area (Å²) in [7, 11) is 3.36. The van der Waals surface area contributed by atoms with Crippen molar-refractivity contribution in [1.82, 2.24) is 5.32 Å². The van der Waals surface area contributed by atoms with Gasteiger partial charge in [0.05, 0.1) is 20.3 Å². The average Bonchev–Trinajstić information content (AvgIpc) is 2.48. The highest BCUT2D eigenvalue weighted by molar-refractivity contribution is 5.80. The standard InChI is InChI=1S/C15H23NO4/c1-5-19-14(17)15(2,16-3)10-11-20-13-8-6-12(18-4)7-9-13/h6-9,16H,5,10-11H2,1-4H3. The second-order valence-corrected chi connectivity index (χ2v) is 4.58. The number of esters is 1. The zero-order chi connectivity index (χ0) is 15.0. The van der Waals surface area contributed by atoms with Crippen LogP contribution in [0, 0.1) is 0 Å². The number of benzene rings is 1. The monoisotopic (exact) mass is 281 g/mol. The van der Waals surface area contributed by atoms with Crippen LogP contribution in [0.15, 0.2) is 24.3 Å². The minimum absolute atomic E-state index is 0.263. The lowest BCUT2D eigenvalue weighted by molar-refractivity contribution is -0.150. The Kier molecular flexibility index (Phi) is 6.31. The van der Waals surface area contributed by atoms with Crippen LogP contribution in [-0.4, -0.2) is 38.9 Å². The molecule has 0 saturated carbocycles. The molecule has 0 bridgehead atoms. The van der Waals surface area contributed by atoms with E-state index in [1.54, 1.807) is 21.1 Å². The second-order valence-electron chi connectivity index (χ2n) is 4.58. The minimum Gasteiger partial charge on any atom is -0.497 e. The Morgan fingerprint density at radius 3 is 2.35 bits per heavy atom. The van der Waals surface area contributed by atoms with E-state index < -0.39 is 5.54 Å². The van der Waals surface area contributed by atoms with Gasteiger partial charge in [0.25, 0.3) is 0 Å². The van der Waals surface area contributed by atoms with E-state index in [1.165, 1.54) is 0 Å². The highest BCUT2D eigenvalue weighted by Gasteiger charge is 2.32. The predicted molar refractivity (Wildman–Crippen MR) is 77.2 cm³/mol. The quantitative estimate of drug-likeness (QED) is 0.739. The molecule has 0 aliphatic carbocycles. The molecule has 0 aliphatic heterocycles. The van der Waals surface area contributed by atoms with Crippen LogP contribution in [0.5, 0.6) is 11.5 Å². The van der Waals surface area contributed by atoms with E-state index in [4.69, 9.17) is 14.2 Å². The smallest absolute Gasteiger partial charge is 0.326 e. The van der Waals surface area contributed by atoms with E-state index >= 15 is 0 Å². The second kappa shape index (κ2) is 7.75. The van der Waals surface area contributed by atoms with Gasteiger partial charge in [-0.2, -0.15) is 0 Å². The van der Waals surface area contributed by atoms with E-state index in [0.717, 1.165) is 11.5 Å². The molecule has 0 saturated heterocycles. The third kappa shape index (κ3) is 4.42. The molecular weight excluding hydrogens is 258 g/mol. The van der Waals surface area contributed by atoms with E-state index in [1.807, 2.05) is 31.2 Å². The van der Waals surface area contributed by atoms with Crippen molar-refractivity contribution in [3.63, 3.8) is 0 Å². The average molecular weight is 281 g/mol. The molecule has 0 spiro atoms. The summed E-state index contributed by atoms with van der Waals surface area (Å²) in [5, 5.41) is 2.99. The van der Waals surface area contributed by atoms with E-state index in [9.17, 15) is 4.79 Å². The van der Waals surface area contributed by atoms with Crippen molar-refractivity contribution < 1.29 is 19.0 Å². The van der Waals surface area contributed by atoms with Gasteiger partial charge in [-0.1, -0.05) is 0 Å². The lowest BCUT2D eigenvalue weighted by Gasteiger charge is -2.26. The minimum atomic E-state index is -0.734. The van der Waals surface area contributed by atoms with Crippen LogP contribution in [0.25, 0.3) is 0 Å². The van der Waals surface area contributed by atoms with Crippen molar-refractivity contribution >= 4 is 5.97 Å². The number of likely N-dealkylation sites (N-methyl/N-ethyl adjacent to an activating group) is 1. The molecule has 1 aromatic carbocycles. The number of carbonyl (C=O) groups excluding carboxylic acids is 1. The molecule has 0 radical (unpaired) electrons. The number of methoxy groups -OCH3 is 1. The number of nitrogens with one attached hydrogen (secondary N) is 1. The highest BCUT2D eigenvalue weighted by Crippen LogP contribution is 2.18. The molecule has 0 aliphatic rings. The summed E-state index contributed by atoms with van der Waals surface area (Å²) in [5.41, 5.74) is -0.734. The molecule has 112 valence electrons. The predicted octanol–water partition coefficient (Wildman–Crippen LogP) is 2.01. The molecule has 1 unspecified atom stereocenters. The Labute approximate surface area is 120 Å². The number of hydrogen-bond donors (Lipinski definition) is 1. The molecule has 0 heterocycles. The van der Waals surface area contributed by atoms with E-state index in [-0.39, 0.29) is 5.97 Å². The maximum absolute atomic E-state index is 11.9. The van der Waals surface area contributed by atoms with Crippen LogP contribution < -0.4 is 14.8 Å². The van der Waals surface area contributed by atoms with Gasteiger partial charge < -0.3 is 19.5 Å². The fraction of sp³-hybridized carbons (Fsp3) is 0.533. The van der Waals surface area contributed by atoms with Crippen molar-refractivity contribution in [1.29, 1.82) is 0 Å². The topological polar surface area (TPSA) is 56.8 Å².